The van der Waals surface area contributed by atoms with Crippen LogP contribution in [0.2, 0.25) is 5.02 Å². The van der Waals surface area contributed by atoms with E-state index in [2.05, 4.69) is 15.1 Å². The summed E-state index contributed by atoms with van der Waals surface area (Å²) in [5.74, 6) is 0.181. The molecule has 1 unspecified atom stereocenters. The van der Waals surface area contributed by atoms with E-state index in [0.717, 1.165) is 22.9 Å². The average molecular weight is 407 g/mol. The molecule has 144 valence electrons. The number of H-pyrrole nitrogens is 1. The number of alkyl halides is 5. The molecule has 3 aromatic rings. The second-order valence-corrected chi connectivity index (χ2v) is 6.30. The summed E-state index contributed by atoms with van der Waals surface area (Å²) in [6.45, 7) is 2.98. The summed E-state index contributed by atoms with van der Waals surface area (Å²) >= 11 is 5.99. The Labute approximate surface area is 153 Å². The molecule has 0 aliphatic carbocycles. The van der Waals surface area contributed by atoms with E-state index >= 15 is 0 Å². The van der Waals surface area contributed by atoms with E-state index in [-0.39, 0.29) is 27.4 Å². The van der Waals surface area contributed by atoms with Gasteiger partial charge in [-0.2, -0.15) is 18.3 Å². The van der Waals surface area contributed by atoms with Gasteiger partial charge in [0.25, 0.3) is 12.0 Å². The number of halogens is 6. The summed E-state index contributed by atoms with van der Waals surface area (Å²) in [5.41, 5.74) is -2.35. The first-order valence-electron chi connectivity index (χ1n) is 7.64. The van der Waals surface area contributed by atoms with Gasteiger partial charge < -0.3 is 4.98 Å². The molecule has 0 bridgehead atoms. The van der Waals surface area contributed by atoms with Crippen LogP contribution in [0, 0.1) is 6.92 Å². The molecule has 11 heteroatoms. The van der Waals surface area contributed by atoms with Crippen LogP contribution in [-0.2, 0) is 6.18 Å². The molecule has 1 atom stereocenters. The van der Waals surface area contributed by atoms with Crippen molar-refractivity contribution in [3.63, 3.8) is 0 Å². The molecule has 0 amide bonds. The Morgan fingerprint density at radius 2 is 1.93 bits per heavy atom. The monoisotopic (exact) mass is 406 g/mol. The number of benzene rings is 1. The predicted molar refractivity (Wildman–Crippen MR) is 88.1 cm³/mol. The summed E-state index contributed by atoms with van der Waals surface area (Å²) in [4.78, 5) is 18.5. The Morgan fingerprint density at radius 1 is 1.26 bits per heavy atom. The Morgan fingerprint density at radius 3 is 2.48 bits per heavy atom. The molecule has 0 saturated carbocycles. The van der Waals surface area contributed by atoms with E-state index < -0.39 is 35.5 Å². The van der Waals surface area contributed by atoms with E-state index in [1.807, 2.05) is 0 Å². The zero-order valence-corrected chi connectivity index (χ0v) is 14.7. The lowest BCUT2D eigenvalue weighted by Crippen LogP contribution is -2.14. The third kappa shape index (κ3) is 3.41. The minimum absolute atomic E-state index is 0.102. The van der Waals surface area contributed by atoms with Crippen LogP contribution < -0.4 is 5.56 Å². The smallest absolute Gasteiger partial charge is 0.310 e. The van der Waals surface area contributed by atoms with Crippen LogP contribution in [0.4, 0.5) is 22.0 Å². The Kier molecular flexibility index (Phi) is 4.71. The SMILES string of the molecule is Cc1nc2c(c(C(F)F)nn2C(C)c2ccc(C(F)(F)F)cc2Cl)c(=O)[nH]1. The van der Waals surface area contributed by atoms with Crippen molar-refractivity contribution < 1.29 is 22.0 Å². The third-order valence-corrected chi connectivity index (χ3v) is 4.39. The molecule has 0 radical (unpaired) electrons. The number of aromatic amines is 1. The number of hydrogen-bond acceptors (Lipinski definition) is 3. The predicted octanol–water partition coefficient (Wildman–Crippen LogP) is 4.65. The lowest BCUT2D eigenvalue weighted by molar-refractivity contribution is -0.137. The molecule has 2 heterocycles. The Hall–Kier alpha value is -2.49. The molecule has 1 aromatic carbocycles. The number of aryl methyl sites for hydroxylation is 1. The highest BCUT2D eigenvalue weighted by Gasteiger charge is 2.32. The fourth-order valence-electron chi connectivity index (χ4n) is 2.78. The van der Waals surface area contributed by atoms with Crippen LogP contribution in [0.1, 0.15) is 42.0 Å². The van der Waals surface area contributed by atoms with Crippen LogP contribution in [0.3, 0.4) is 0 Å². The quantitative estimate of drug-likeness (QED) is 0.644. The summed E-state index contributed by atoms with van der Waals surface area (Å²) < 4.78 is 66.1. The summed E-state index contributed by atoms with van der Waals surface area (Å²) in [6.07, 6.45) is -7.60. The van der Waals surface area contributed by atoms with Crippen molar-refractivity contribution in [2.75, 3.05) is 0 Å². The topological polar surface area (TPSA) is 63.6 Å². The molecular formula is C16H12ClF5N4O. The normalized spacial score (nSPS) is 13.5. The van der Waals surface area contributed by atoms with Gasteiger partial charge in [0.05, 0.1) is 11.6 Å². The molecule has 27 heavy (non-hydrogen) atoms. The molecule has 3 rings (SSSR count). The Bertz CT molecular complexity index is 1070. The molecule has 0 spiro atoms. The standard InChI is InChI=1S/C16H12ClF5N4O/c1-6(9-4-3-8(5-10(9)17)16(20,21)22)26-14-11(12(25-26)13(18)19)15(27)24-7(2)23-14/h3-6,13H,1-2H3,(H,23,24,27). The first kappa shape index (κ1) is 19.3. The molecule has 0 aliphatic heterocycles. The van der Waals surface area contributed by atoms with Crippen LogP contribution in [0.5, 0.6) is 0 Å². The second-order valence-electron chi connectivity index (χ2n) is 5.89. The highest BCUT2D eigenvalue weighted by molar-refractivity contribution is 6.31. The molecule has 0 aliphatic rings. The second kappa shape index (κ2) is 6.59. The van der Waals surface area contributed by atoms with Crippen LogP contribution >= 0.6 is 11.6 Å². The number of aromatic nitrogens is 4. The number of rotatable bonds is 3. The van der Waals surface area contributed by atoms with Crippen molar-refractivity contribution in [1.29, 1.82) is 0 Å². The molecular weight excluding hydrogens is 395 g/mol. The zero-order valence-electron chi connectivity index (χ0n) is 13.9. The highest BCUT2D eigenvalue weighted by Crippen LogP contribution is 2.35. The van der Waals surface area contributed by atoms with Gasteiger partial charge in [-0.05, 0) is 31.5 Å². The molecule has 0 saturated heterocycles. The van der Waals surface area contributed by atoms with E-state index in [0.29, 0.717) is 0 Å². The van der Waals surface area contributed by atoms with Crippen LogP contribution in [0.15, 0.2) is 23.0 Å². The van der Waals surface area contributed by atoms with Gasteiger partial charge in [0.1, 0.15) is 16.9 Å². The van der Waals surface area contributed by atoms with Gasteiger partial charge in [-0.1, -0.05) is 17.7 Å². The van der Waals surface area contributed by atoms with Gasteiger partial charge in [0.15, 0.2) is 5.65 Å². The minimum Gasteiger partial charge on any atom is -0.310 e. The largest absolute Gasteiger partial charge is 0.416 e. The maximum absolute atomic E-state index is 13.3. The van der Waals surface area contributed by atoms with Crippen molar-refractivity contribution in [1.82, 2.24) is 19.7 Å². The summed E-state index contributed by atoms with van der Waals surface area (Å²) in [6, 6.07) is 1.89. The average Bonchev–Trinajstić information content (AvgIpc) is 2.93. The number of nitrogens with zero attached hydrogens (tertiary/aromatic N) is 3. The zero-order chi connectivity index (χ0) is 20.1. The molecule has 0 fully saturated rings. The van der Waals surface area contributed by atoms with Crippen molar-refractivity contribution in [2.45, 2.75) is 32.5 Å². The van der Waals surface area contributed by atoms with Crippen molar-refractivity contribution in [3.05, 3.63) is 56.2 Å². The van der Waals surface area contributed by atoms with Crippen molar-refractivity contribution in [2.24, 2.45) is 0 Å². The van der Waals surface area contributed by atoms with Gasteiger partial charge in [0.2, 0.25) is 0 Å². The fourth-order valence-corrected chi connectivity index (χ4v) is 3.12. The maximum Gasteiger partial charge on any atom is 0.416 e. The first-order valence-corrected chi connectivity index (χ1v) is 8.02. The van der Waals surface area contributed by atoms with Gasteiger partial charge in [-0.25, -0.2) is 18.4 Å². The van der Waals surface area contributed by atoms with E-state index in [9.17, 15) is 26.7 Å². The van der Waals surface area contributed by atoms with Crippen molar-refractivity contribution in [3.8, 4) is 0 Å². The number of fused-ring (bicyclic) bond motifs is 1. The van der Waals surface area contributed by atoms with Crippen LogP contribution in [-0.4, -0.2) is 19.7 Å². The van der Waals surface area contributed by atoms with Crippen molar-refractivity contribution >= 4 is 22.6 Å². The highest BCUT2D eigenvalue weighted by atomic mass is 35.5. The number of nitrogens with one attached hydrogen (secondary N) is 1. The molecule has 2 aromatic heterocycles. The van der Waals surface area contributed by atoms with Gasteiger partial charge in [0, 0.05) is 5.02 Å². The Balaban J connectivity index is 2.20. The minimum atomic E-state index is -4.57. The van der Waals surface area contributed by atoms with Gasteiger partial charge in [-0.15, -0.1) is 0 Å². The molecule has 5 nitrogen and oxygen atoms in total. The summed E-state index contributed by atoms with van der Waals surface area (Å²) in [7, 11) is 0. The maximum atomic E-state index is 13.3. The number of hydrogen-bond donors (Lipinski definition) is 1. The van der Waals surface area contributed by atoms with E-state index in [1.165, 1.54) is 13.8 Å². The molecule has 1 N–H and O–H groups in total. The van der Waals surface area contributed by atoms with Gasteiger partial charge >= 0.3 is 6.18 Å². The third-order valence-electron chi connectivity index (χ3n) is 4.06. The summed E-state index contributed by atoms with van der Waals surface area (Å²) in [5, 5.41) is 3.21. The van der Waals surface area contributed by atoms with E-state index in [4.69, 9.17) is 11.6 Å². The fraction of sp³-hybridized carbons (Fsp3) is 0.312. The van der Waals surface area contributed by atoms with E-state index in [1.54, 1.807) is 0 Å². The first-order chi connectivity index (χ1) is 12.5. The lowest BCUT2D eigenvalue weighted by atomic mass is 10.1. The lowest BCUT2D eigenvalue weighted by Gasteiger charge is -2.16. The van der Waals surface area contributed by atoms with Crippen LogP contribution in [0.25, 0.3) is 11.0 Å². The van der Waals surface area contributed by atoms with Gasteiger partial charge in [-0.3, -0.25) is 4.79 Å².